The topological polar surface area (TPSA) is 38.8 Å². The number of hydrogen-bond acceptors (Lipinski definition) is 3. The molecule has 0 aliphatic rings. The predicted molar refractivity (Wildman–Crippen MR) is 91.0 cm³/mol. The number of rotatable bonds is 7. The van der Waals surface area contributed by atoms with Crippen molar-refractivity contribution < 1.29 is 14.3 Å². The molecule has 2 aromatic rings. The van der Waals surface area contributed by atoms with E-state index in [1.54, 1.807) is 24.1 Å². The minimum atomic E-state index is -0.0890. The van der Waals surface area contributed by atoms with Crippen LogP contribution in [-0.4, -0.2) is 31.1 Å². The van der Waals surface area contributed by atoms with E-state index in [1.807, 2.05) is 43.3 Å². The Bertz CT molecular complexity index is 626. The van der Waals surface area contributed by atoms with Crippen LogP contribution >= 0.6 is 11.6 Å². The minimum absolute atomic E-state index is 0.00191. The summed E-state index contributed by atoms with van der Waals surface area (Å²) in [4.78, 5) is 13.7. The van der Waals surface area contributed by atoms with Crippen LogP contribution in [0.15, 0.2) is 48.5 Å². The molecule has 0 unspecified atom stereocenters. The molecule has 0 atom stereocenters. The van der Waals surface area contributed by atoms with Gasteiger partial charge in [-0.25, -0.2) is 0 Å². The van der Waals surface area contributed by atoms with Gasteiger partial charge in [0.25, 0.3) is 5.91 Å². The molecule has 0 saturated carbocycles. The summed E-state index contributed by atoms with van der Waals surface area (Å²) in [5, 5.41) is 0.682. The zero-order chi connectivity index (χ0) is 16.7. The van der Waals surface area contributed by atoms with E-state index in [-0.39, 0.29) is 12.5 Å². The highest BCUT2D eigenvalue weighted by atomic mass is 35.5. The van der Waals surface area contributed by atoms with Gasteiger partial charge in [-0.05, 0) is 48.9 Å². The largest absolute Gasteiger partial charge is 0.494 e. The quantitative estimate of drug-likeness (QED) is 0.774. The second kappa shape index (κ2) is 8.44. The van der Waals surface area contributed by atoms with Gasteiger partial charge in [0, 0.05) is 18.6 Å². The fourth-order valence-corrected chi connectivity index (χ4v) is 2.13. The maximum absolute atomic E-state index is 12.1. The van der Waals surface area contributed by atoms with Crippen LogP contribution in [0.5, 0.6) is 11.5 Å². The van der Waals surface area contributed by atoms with E-state index < -0.39 is 0 Å². The Labute approximate surface area is 141 Å². The molecule has 23 heavy (non-hydrogen) atoms. The van der Waals surface area contributed by atoms with E-state index in [0.717, 1.165) is 11.3 Å². The van der Waals surface area contributed by atoms with Crippen LogP contribution in [0.25, 0.3) is 0 Å². The second-order valence-corrected chi connectivity index (χ2v) is 5.51. The zero-order valence-corrected chi connectivity index (χ0v) is 14.0. The monoisotopic (exact) mass is 333 g/mol. The van der Waals surface area contributed by atoms with E-state index >= 15 is 0 Å². The van der Waals surface area contributed by atoms with Crippen LogP contribution in [-0.2, 0) is 11.3 Å². The maximum atomic E-state index is 12.1. The zero-order valence-electron chi connectivity index (χ0n) is 13.3. The van der Waals surface area contributed by atoms with Gasteiger partial charge >= 0.3 is 0 Å². The van der Waals surface area contributed by atoms with Crippen molar-refractivity contribution in [1.29, 1.82) is 0 Å². The van der Waals surface area contributed by atoms with Gasteiger partial charge in [0.05, 0.1) is 6.61 Å². The maximum Gasteiger partial charge on any atom is 0.260 e. The number of benzene rings is 2. The summed E-state index contributed by atoms with van der Waals surface area (Å²) in [5.41, 5.74) is 1.02. The molecule has 1 amide bonds. The summed E-state index contributed by atoms with van der Waals surface area (Å²) in [6, 6.07) is 14.6. The number of likely N-dealkylation sites (N-methyl/N-ethyl adjacent to an activating group) is 1. The molecule has 0 aromatic heterocycles. The van der Waals surface area contributed by atoms with Gasteiger partial charge in [-0.3, -0.25) is 4.79 Å². The van der Waals surface area contributed by atoms with Crippen molar-refractivity contribution in [2.75, 3.05) is 20.3 Å². The minimum Gasteiger partial charge on any atom is -0.494 e. The van der Waals surface area contributed by atoms with Crippen molar-refractivity contribution in [3.8, 4) is 11.5 Å². The van der Waals surface area contributed by atoms with E-state index in [4.69, 9.17) is 21.1 Å². The van der Waals surface area contributed by atoms with Gasteiger partial charge in [0.1, 0.15) is 11.5 Å². The van der Waals surface area contributed by atoms with Crippen molar-refractivity contribution in [2.45, 2.75) is 13.5 Å². The average Bonchev–Trinajstić information content (AvgIpc) is 2.56. The second-order valence-electron chi connectivity index (χ2n) is 5.07. The van der Waals surface area contributed by atoms with Crippen LogP contribution in [0.1, 0.15) is 12.5 Å². The van der Waals surface area contributed by atoms with Crippen LogP contribution in [0.2, 0.25) is 5.02 Å². The number of amides is 1. The highest BCUT2D eigenvalue weighted by Gasteiger charge is 2.10. The number of nitrogens with zero attached hydrogens (tertiary/aromatic N) is 1. The average molecular weight is 334 g/mol. The summed E-state index contributed by atoms with van der Waals surface area (Å²) >= 11 is 5.85. The van der Waals surface area contributed by atoms with Crippen LogP contribution in [0, 0.1) is 0 Å². The molecule has 4 nitrogen and oxygen atoms in total. The van der Waals surface area contributed by atoms with Crippen LogP contribution in [0.4, 0.5) is 0 Å². The van der Waals surface area contributed by atoms with Crippen molar-refractivity contribution in [3.63, 3.8) is 0 Å². The fourth-order valence-electron chi connectivity index (χ4n) is 2.01. The number of carbonyl (C=O) groups excluding carboxylic acids is 1. The standard InChI is InChI=1S/C18H20ClNO3/c1-3-22-16-8-10-17(11-9-16)23-13-18(21)20(2)12-14-4-6-15(19)7-5-14/h4-11H,3,12-13H2,1-2H3. The molecule has 0 radical (unpaired) electrons. The Hall–Kier alpha value is -2.20. The molecular formula is C18H20ClNO3. The van der Waals surface area contributed by atoms with Gasteiger partial charge in [0.2, 0.25) is 0 Å². The summed E-state index contributed by atoms with van der Waals surface area (Å²) in [6.07, 6.45) is 0. The predicted octanol–water partition coefficient (Wildman–Crippen LogP) is 3.78. The van der Waals surface area contributed by atoms with Gasteiger partial charge in [-0.15, -0.1) is 0 Å². The van der Waals surface area contributed by atoms with Gasteiger partial charge < -0.3 is 14.4 Å². The molecule has 2 rings (SSSR count). The van der Waals surface area contributed by atoms with E-state index in [0.29, 0.717) is 23.9 Å². The lowest BCUT2D eigenvalue weighted by molar-refractivity contribution is -0.132. The van der Waals surface area contributed by atoms with Crippen molar-refractivity contribution in [3.05, 3.63) is 59.1 Å². The molecular weight excluding hydrogens is 314 g/mol. The number of carbonyl (C=O) groups is 1. The lowest BCUT2D eigenvalue weighted by Gasteiger charge is -2.17. The van der Waals surface area contributed by atoms with Crippen LogP contribution in [0.3, 0.4) is 0 Å². The third-order valence-corrected chi connectivity index (χ3v) is 3.51. The first-order valence-corrected chi connectivity index (χ1v) is 7.80. The first-order chi connectivity index (χ1) is 11.1. The molecule has 0 N–H and O–H groups in total. The van der Waals surface area contributed by atoms with E-state index in [1.165, 1.54) is 0 Å². The highest BCUT2D eigenvalue weighted by Crippen LogP contribution is 2.17. The highest BCUT2D eigenvalue weighted by molar-refractivity contribution is 6.30. The van der Waals surface area contributed by atoms with Gasteiger partial charge in [-0.2, -0.15) is 0 Å². The molecule has 0 bridgehead atoms. The Morgan fingerprint density at radius 1 is 1.00 bits per heavy atom. The third kappa shape index (κ3) is 5.49. The lowest BCUT2D eigenvalue weighted by Crippen LogP contribution is -2.30. The molecule has 0 saturated heterocycles. The Morgan fingerprint density at radius 3 is 2.13 bits per heavy atom. The lowest BCUT2D eigenvalue weighted by atomic mass is 10.2. The Morgan fingerprint density at radius 2 is 1.57 bits per heavy atom. The number of ether oxygens (including phenoxy) is 2. The summed E-state index contributed by atoms with van der Waals surface area (Å²) in [6.45, 7) is 3.06. The smallest absolute Gasteiger partial charge is 0.260 e. The van der Waals surface area contributed by atoms with E-state index in [9.17, 15) is 4.79 Å². The molecule has 122 valence electrons. The van der Waals surface area contributed by atoms with Gasteiger partial charge in [0.15, 0.2) is 6.61 Å². The summed E-state index contributed by atoms with van der Waals surface area (Å²) in [7, 11) is 1.75. The van der Waals surface area contributed by atoms with E-state index in [2.05, 4.69) is 0 Å². The molecule has 0 aliphatic heterocycles. The number of hydrogen-bond donors (Lipinski definition) is 0. The normalized spacial score (nSPS) is 10.2. The van der Waals surface area contributed by atoms with Crippen molar-refractivity contribution >= 4 is 17.5 Å². The summed E-state index contributed by atoms with van der Waals surface area (Å²) < 4.78 is 10.9. The molecule has 2 aromatic carbocycles. The molecule has 0 heterocycles. The van der Waals surface area contributed by atoms with Gasteiger partial charge in [-0.1, -0.05) is 23.7 Å². The molecule has 0 aliphatic carbocycles. The Balaban J connectivity index is 1.82. The van der Waals surface area contributed by atoms with Crippen LogP contribution < -0.4 is 9.47 Å². The van der Waals surface area contributed by atoms with Crippen molar-refractivity contribution in [1.82, 2.24) is 4.90 Å². The molecule has 0 spiro atoms. The first-order valence-electron chi connectivity index (χ1n) is 7.42. The number of halogens is 1. The molecule has 5 heteroatoms. The SMILES string of the molecule is CCOc1ccc(OCC(=O)N(C)Cc2ccc(Cl)cc2)cc1. The Kier molecular flexibility index (Phi) is 6.29. The first kappa shape index (κ1) is 17.2. The third-order valence-electron chi connectivity index (χ3n) is 3.26. The fraction of sp³-hybridized carbons (Fsp3) is 0.278. The molecule has 0 fully saturated rings. The van der Waals surface area contributed by atoms with Crippen molar-refractivity contribution in [2.24, 2.45) is 0 Å². The summed E-state index contributed by atoms with van der Waals surface area (Å²) in [5.74, 6) is 1.33.